The number of halogens is 1. The van der Waals surface area contributed by atoms with Crippen molar-refractivity contribution in [2.45, 2.75) is 39.5 Å². The van der Waals surface area contributed by atoms with Gasteiger partial charge in [-0.05, 0) is 60.8 Å². The summed E-state index contributed by atoms with van der Waals surface area (Å²) in [5.74, 6) is -0.461. The fourth-order valence-electron chi connectivity index (χ4n) is 2.08. The first kappa shape index (κ1) is 13.8. The minimum absolute atomic E-state index is 0.190. The van der Waals surface area contributed by atoms with E-state index in [0.717, 1.165) is 10.2 Å². The Bertz CT molecular complexity index is 412. The van der Waals surface area contributed by atoms with E-state index in [9.17, 15) is 0 Å². The highest BCUT2D eigenvalue weighted by atomic mass is 79.9. The van der Waals surface area contributed by atoms with Crippen LogP contribution < -0.4 is 5.32 Å². The van der Waals surface area contributed by atoms with Crippen LogP contribution in [0.2, 0.25) is 0 Å². The number of ether oxygens (including phenoxy) is 2. The molecular weight excluding hydrogens is 294 g/mol. The highest BCUT2D eigenvalue weighted by molar-refractivity contribution is 9.10. The average Bonchev–Trinajstić information content (AvgIpc) is 2.25. The summed E-state index contributed by atoms with van der Waals surface area (Å²) in [5.41, 5.74) is 3.60. The predicted octanol–water partition coefficient (Wildman–Crippen LogP) is 3.63. The van der Waals surface area contributed by atoms with Gasteiger partial charge in [0.15, 0.2) is 5.79 Å². The van der Waals surface area contributed by atoms with Gasteiger partial charge in [0.2, 0.25) is 0 Å². The van der Waals surface area contributed by atoms with E-state index in [1.54, 1.807) is 0 Å². The van der Waals surface area contributed by atoms with Gasteiger partial charge in [-0.3, -0.25) is 0 Å². The van der Waals surface area contributed by atoms with Gasteiger partial charge in [0.25, 0.3) is 0 Å². The van der Waals surface area contributed by atoms with E-state index < -0.39 is 5.79 Å². The first-order chi connectivity index (χ1) is 8.37. The van der Waals surface area contributed by atoms with E-state index in [2.05, 4.69) is 47.2 Å². The molecule has 0 atom stereocenters. The topological polar surface area (TPSA) is 30.5 Å². The lowest BCUT2D eigenvalue weighted by Gasteiger charge is -2.36. The highest BCUT2D eigenvalue weighted by Gasteiger charge is 2.28. The van der Waals surface area contributed by atoms with Gasteiger partial charge in [-0.15, -0.1) is 0 Å². The minimum Gasteiger partial charge on any atom is -0.377 e. The molecule has 0 saturated carbocycles. The molecule has 1 N–H and O–H groups in total. The van der Waals surface area contributed by atoms with Crippen LogP contribution in [0.5, 0.6) is 0 Å². The smallest absolute Gasteiger partial charge is 0.162 e. The van der Waals surface area contributed by atoms with Gasteiger partial charge in [-0.1, -0.05) is 6.07 Å². The van der Waals surface area contributed by atoms with Gasteiger partial charge in [0.1, 0.15) is 0 Å². The molecule has 1 saturated heterocycles. The molecule has 3 nitrogen and oxygen atoms in total. The van der Waals surface area contributed by atoms with Crippen LogP contribution in [0.4, 0.5) is 5.69 Å². The van der Waals surface area contributed by atoms with Crippen LogP contribution in [-0.4, -0.2) is 25.0 Å². The molecule has 2 rings (SSSR count). The summed E-state index contributed by atoms with van der Waals surface area (Å²) in [6.07, 6.45) is 0. The maximum Gasteiger partial charge on any atom is 0.162 e. The van der Waals surface area contributed by atoms with Crippen molar-refractivity contribution in [1.29, 1.82) is 0 Å². The molecule has 1 aliphatic heterocycles. The van der Waals surface area contributed by atoms with Crippen molar-refractivity contribution in [3.8, 4) is 0 Å². The number of nitrogens with one attached hydrogen (secondary N) is 1. The van der Waals surface area contributed by atoms with Crippen molar-refractivity contribution < 1.29 is 9.47 Å². The van der Waals surface area contributed by atoms with Crippen LogP contribution in [-0.2, 0) is 9.47 Å². The lowest BCUT2D eigenvalue weighted by Crippen LogP contribution is -2.45. The summed E-state index contributed by atoms with van der Waals surface area (Å²) in [4.78, 5) is 0. The Balaban J connectivity index is 2.07. The van der Waals surface area contributed by atoms with Crippen molar-refractivity contribution in [1.82, 2.24) is 0 Å². The molecule has 0 aliphatic carbocycles. The summed E-state index contributed by atoms with van der Waals surface area (Å²) in [7, 11) is 0. The Labute approximate surface area is 117 Å². The molecule has 4 heteroatoms. The van der Waals surface area contributed by atoms with Gasteiger partial charge >= 0.3 is 0 Å². The van der Waals surface area contributed by atoms with Crippen LogP contribution in [0.3, 0.4) is 0 Å². The van der Waals surface area contributed by atoms with Crippen molar-refractivity contribution in [3.63, 3.8) is 0 Å². The SMILES string of the molecule is Cc1cc(C)c(NC2COC(C)(C)OC2)c(Br)c1. The number of aryl methyl sites for hydroxylation is 2. The summed E-state index contributed by atoms with van der Waals surface area (Å²) in [6.45, 7) is 9.40. The van der Waals surface area contributed by atoms with Gasteiger partial charge < -0.3 is 14.8 Å². The molecule has 18 heavy (non-hydrogen) atoms. The highest BCUT2D eigenvalue weighted by Crippen LogP contribution is 2.29. The Kier molecular flexibility index (Phi) is 3.99. The van der Waals surface area contributed by atoms with E-state index in [0.29, 0.717) is 13.2 Å². The van der Waals surface area contributed by atoms with Crippen LogP contribution in [0.25, 0.3) is 0 Å². The number of benzene rings is 1. The van der Waals surface area contributed by atoms with E-state index in [4.69, 9.17) is 9.47 Å². The fourth-order valence-corrected chi connectivity index (χ4v) is 2.87. The van der Waals surface area contributed by atoms with Crippen LogP contribution in [0, 0.1) is 13.8 Å². The molecule has 1 heterocycles. The summed E-state index contributed by atoms with van der Waals surface area (Å²) < 4.78 is 12.4. The molecule has 1 fully saturated rings. The minimum atomic E-state index is -0.461. The molecule has 0 radical (unpaired) electrons. The number of hydrogen-bond acceptors (Lipinski definition) is 3. The Morgan fingerprint density at radius 1 is 1.22 bits per heavy atom. The third-order valence-electron chi connectivity index (χ3n) is 3.04. The third kappa shape index (κ3) is 3.25. The zero-order chi connectivity index (χ0) is 13.3. The van der Waals surface area contributed by atoms with E-state index >= 15 is 0 Å². The monoisotopic (exact) mass is 313 g/mol. The summed E-state index contributed by atoms with van der Waals surface area (Å²) >= 11 is 3.60. The molecule has 1 aromatic rings. The Morgan fingerprint density at radius 2 is 1.83 bits per heavy atom. The molecular formula is C14H20BrNO2. The van der Waals surface area contributed by atoms with Crippen molar-refractivity contribution in [2.75, 3.05) is 18.5 Å². The maximum absolute atomic E-state index is 5.65. The number of hydrogen-bond donors (Lipinski definition) is 1. The second-order valence-electron chi connectivity index (χ2n) is 5.30. The van der Waals surface area contributed by atoms with E-state index in [1.807, 2.05) is 13.8 Å². The standard InChI is InChI=1S/C14H20BrNO2/c1-9-5-10(2)13(12(15)6-9)16-11-7-17-14(3,4)18-8-11/h5-6,11,16H,7-8H2,1-4H3. The quantitative estimate of drug-likeness (QED) is 0.904. The first-order valence-corrected chi connectivity index (χ1v) is 6.98. The van der Waals surface area contributed by atoms with Crippen LogP contribution >= 0.6 is 15.9 Å². The number of rotatable bonds is 2. The molecule has 1 aliphatic rings. The van der Waals surface area contributed by atoms with Gasteiger partial charge in [-0.25, -0.2) is 0 Å². The predicted molar refractivity (Wildman–Crippen MR) is 77.0 cm³/mol. The molecule has 0 amide bonds. The summed E-state index contributed by atoms with van der Waals surface area (Å²) in [6, 6.07) is 4.47. The van der Waals surface area contributed by atoms with Crippen molar-refractivity contribution >= 4 is 21.6 Å². The second-order valence-corrected chi connectivity index (χ2v) is 6.16. The summed E-state index contributed by atoms with van der Waals surface area (Å²) in [5, 5.41) is 3.49. The molecule has 1 aromatic carbocycles. The Morgan fingerprint density at radius 3 is 2.39 bits per heavy atom. The van der Waals surface area contributed by atoms with E-state index in [-0.39, 0.29) is 6.04 Å². The van der Waals surface area contributed by atoms with Crippen molar-refractivity contribution in [3.05, 3.63) is 27.7 Å². The fraction of sp³-hybridized carbons (Fsp3) is 0.571. The third-order valence-corrected chi connectivity index (χ3v) is 3.67. The molecule has 100 valence electrons. The van der Waals surface area contributed by atoms with E-state index in [1.165, 1.54) is 11.1 Å². The largest absolute Gasteiger partial charge is 0.377 e. The second kappa shape index (κ2) is 5.19. The maximum atomic E-state index is 5.65. The molecule has 0 spiro atoms. The zero-order valence-corrected chi connectivity index (χ0v) is 12.9. The van der Waals surface area contributed by atoms with Crippen LogP contribution in [0.15, 0.2) is 16.6 Å². The Hall–Kier alpha value is -0.580. The van der Waals surface area contributed by atoms with Crippen LogP contribution in [0.1, 0.15) is 25.0 Å². The molecule has 0 aromatic heterocycles. The van der Waals surface area contributed by atoms with Gasteiger partial charge in [0.05, 0.1) is 24.9 Å². The van der Waals surface area contributed by atoms with Crippen molar-refractivity contribution in [2.24, 2.45) is 0 Å². The number of anilines is 1. The average molecular weight is 314 g/mol. The lowest BCUT2D eigenvalue weighted by atomic mass is 10.1. The van der Waals surface area contributed by atoms with Gasteiger partial charge in [-0.2, -0.15) is 0 Å². The zero-order valence-electron chi connectivity index (χ0n) is 11.3. The normalized spacial score (nSPS) is 19.8. The molecule has 0 unspecified atom stereocenters. The first-order valence-electron chi connectivity index (χ1n) is 6.18. The van der Waals surface area contributed by atoms with Gasteiger partial charge in [0, 0.05) is 4.47 Å². The lowest BCUT2D eigenvalue weighted by molar-refractivity contribution is -0.247. The molecule has 0 bridgehead atoms.